The molecule has 0 amide bonds. The summed E-state index contributed by atoms with van der Waals surface area (Å²) in [6.07, 6.45) is 1.73. The summed E-state index contributed by atoms with van der Waals surface area (Å²) in [6.45, 7) is 3.93. The van der Waals surface area contributed by atoms with Crippen LogP contribution in [0.4, 0.5) is 0 Å². The molecule has 5 nitrogen and oxygen atoms in total. The Hall–Kier alpha value is -3.21. The Morgan fingerprint density at radius 1 is 0.966 bits per heavy atom. The van der Waals surface area contributed by atoms with Crippen molar-refractivity contribution in [3.05, 3.63) is 76.4 Å². The minimum atomic E-state index is -1.28. The lowest BCUT2D eigenvalue weighted by Crippen LogP contribution is -2.41. The Bertz CT molecular complexity index is 1040. The quantitative estimate of drug-likeness (QED) is 0.726. The van der Waals surface area contributed by atoms with Crippen molar-refractivity contribution in [3.63, 3.8) is 0 Å². The molecule has 2 aromatic carbocycles. The van der Waals surface area contributed by atoms with Gasteiger partial charge in [-0.3, -0.25) is 9.59 Å². The molecule has 5 heteroatoms. The summed E-state index contributed by atoms with van der Waals surface area (Å²) in [5.41, 5.74) is 1.84. The number of benzene rings is 2. The SMILES string of the molecule is CCOC(=O)C[C@H]1c2ccccc2C(=O)[C@]12C(C(=O)OCC)=Cc1ccccc12. The lowest BCUT2D eigenvalue weighted by molar-refractivity contribution is -0.144. The van der Waals surface area contributed by atoms with E-state index >= 15 is 0 Å². The maximum Gasteiger partial charge on any atom is 0.335 e. The van der Waals surface area contributed by atoms with Gasteiger partial charge in [0.05, 0.1) is 30.6 Å². The predicted octanol–water partition coefficient (Wildman–Crippen LogP) is 3.82. The molecule has 0 radical (unpaired) electrons. The van der Waals surface area contributed by atoms with Crippen molar-refractivity contribution in [1.82, 2.24) is 0 Å². The number of esters is 2. The number of ketones is 1. The predicted molar refractivity (Wildman–Crippen MR) is 107 cm³/mol. The molecule has 0 fully saturated rings. The van der Waals surface area contributed by atoms with E-state index in [1.54, 1.807) is 32.1 Å². The average molecular weight is 390 g/mol. The topological polar surface area (TPSA) is 69.7 Å². The summed E-state index contributed by atoms with van der Waals surface area (Å²) in [5, 5.41) is 0. The van der Waals surface area contributed by atoms with Crippen LogP contribution >= 0.6 is 0 Å². The van der Waals surface area contributed by atoms with Crippen molar-refractivity contribution >= 4 is 23.8 Å². The van der Waals surface area contributed by atoms with Crippen LogP contribution in [0.15, 0.2) is 54.1 Å². The van der Waals surface area contributed by atoms with Crippen molar-refractivity contribution in [1.29, 1.82) is 0 Å². The van der Waals surface area contributed by atoms with Gasteiger partial charge in [0, 0.05) is 11.5 Å². The monoisotopic (exact) mass is 390 g/mol. The molecule has 2 aromatic rings. The maximum absolute atomic E-state index is 13.9. The number of rotatable bonds is 5. The molecule has 0 saturated heterocycles. The molecule has 2 aliphatic rings. The van der Waals surface area contributed by atoms with Gasteiger partial charge in [0.1, 0.15) is 0 Å². The van der Waals surface area contributed by atoms with Gasteiger partial charge in [-0.1, -0.05) is 48.5 Å². The molecule has 0 N–H and O–H groups in total. The summed E-state index contributed by atoms with van der Waals surface area (Å²) in [7, 11) is 0. The standard InChI is InChI=1S/C24H22O5/c1-3-28-21(25)14-19-16-10-6-7-11-17(16)22(26)24(19)18-12-8-5-9-15(18)13-20(24)23(27)29-4-2/h5-13,19H,3-4,14H2,1-2H3/t19-,24-/m0/s1. The molecule has 0 aliphatic heterocycles. The number of hydrogen-bond acceptors (Lipinski definition) is 5. The van der Waals surface area contributed by atoms with E-state index in [-0.39, 0.29) is 31.0 Å². The largest absolute Gasteiger partial charge is 0.466 e. The molecule has 2 aliphatic carbocycles. The van der Waals surface area contributed by atoms with E-state index in [4.69, 9.17) is 9.47 Å². The smallest absolute Gasteiger partial charge is 0.335 e. The van der Waals surface area contributed by atoms with Crippen LogP contribution in [0.25, 0.3) is 6.08 Å². The molecular weight excluding hydrogens is 368 g/mol. The molecule has 0 unspecified atom stereocenters. The second-order valence-electron chi connectivity index (χ2n) is 7.15. The first-order chi connectivity index (χ1) is 14.1. The van der Waals surface area contributed by atoms with E-state index in [9.17, 15) is 14.4 Å². The highest BCUT2D eigenvalue weighted by atomic mass is 16.5. The molecule has 0 aromatic heterocycles. The van der Waals surface area contributed by atoms with Crippen LogP contribution in [0, 0.1) is 0 Å². The van der Waals surface area contributed by atoms with Crippen molar-refractivity contribution in [2.24, 2.45) is 0 Å². The third-order valence-corrected chi connectivity index (χ3v) is 5.74. The number of Topliss-reactive ketones (excluding diaryl/α,β-unsaturated/α-hetero) is 1. The van der Waals surface area contributed by atoms with Gasteiger partial charge >= 0.3 is 11.9 Å². The van der Waals surface area contributed by atoms with Crippen LogP contribution in [0.2, 0.25) is 0 Å². The number of ether oxygens (including phenoxy) is 2. The Morgan fingerprint density at radius 3 is 2.41 bits per heavy atom. The fourth-order valence-electron chi connectivity index (χ4n) is 4.71. The Kier molecular flexibility index (Phi) is 4.82. The van der Waals surface area contributed by atoms with Gasteiger partial charge < -0.3 is 9.47 Å². The van der Waals surface area contributed by atoms with Gasteiger partial charge in [-0.15, -0.1) is 0 Å². The zero-order valence-electron chi connectivity index (χ0n) is 16.4. The lowest BCUT2D eigenvalue weighted by atomic mass is 9.66. The highest BCUT2D eigenvalue weighted by Crippen LogP contribution is 2.58. The van der Waals surface area contributed by atoms with Gasteiger partial charge in [-0.2, -0.15) is 0 Å². The molecule has 1 spiro atoms. The van der Waals surface area contributed by atoms with E-state index in [1.165, 1.54) is 0 Å². The Labute approximate surface area is 169 Å². The van der Waals surface area contributed by atoms with Crippen LogP contribution in [0.3, 0.4) is 0 Å². The second-order valence-corrected chi connectivity index (χ2v) is 7.15. The normalized spacial score (nSPS) is 21.5. The summed E-state index contributed by atoms with van der Waals surface area (Å²) < 4.78 is 10.5. The first-order valence-corrected chi connectivity index (χ1v) is 9.83. The second kappa shape index (κ2) is 7.32. The summed E-state index contributed by atoms with van der Waals surface area (Å²) >= 11 is 0. The van der Waals surface area contributed by atoms with Crippen LogP contribution in [-0.2, 0) is 24.5 Å². The molecule has 2 atom stereocenters. The van der Waals surface area contributed by atoms with Crippen molar-refractivity contribution in [2.75, 3.05) is 13.2 Å². The van der Waals surface area contributed by atoms with Gasteiger partial charge in [-0.05, 0) is 36.6 Å². The van der Waals surface area contributed by atoms with Crippen LogP contribution < -0.4 is 0 Å². The first kappa shape index (κ1) is 19.1. The van der Waals surface area contributed by atoms with Gasteiger partial charge in [0.25, 0.3) is 0 Å². The minimum Gasteiger partial charge on any atom is -0.466 e. The Morgan fingerprint density at radius 2 is 1.66 bits per heavy atom. The summed E-state index contributed by atoms with van der Waals surface area (Å²) in [4.78, 5) is 39.3. The van der Waals surface area contributed by atoms with E-state index in [1.807, 2.05) is 36.4 Å². The van der Waals surface area contributed by atoms with E-state index in [0.717, 1.165) is 16.7 Å². The molecule has 0 saturated carbocycles. The highest BCUT2D eigenvalue weighted by Gasteiger charge is 2.61. The zero-order valence-corrected chi connectivity index (χ0v) is 16.4. The van der Waals surface area contributed by atoms with Crippen LogP contribution in [-0.4, -0.2) is 30.9 Å². The zero-order chi connectivity index (χ0) is 20.6. The number of hydrogen-bond donors (Lipinski definition) is 0. The molecule has 29 heavy (non-hydrogen) atoms. The first-order valence-electron chi connectivity index (χ1n) is 9.83. The van der Waals surface area contributed by atoms with Gasteiger partial charge in [0.15, 0.2) is 5.78 Å². The number of carbonyl (C=O) groups is 3. The van der Waals surface area contributed by atoms with Crippen LogP contribution in [0.5, 0.6) is 0 Å². The van der Waals surface area contributed by atoms with Crippen molar-refractivity contribution in [3.8, 4) is 0 Å². The van der Waals surface area contributed by atoms with Crippen LogP contribution in [0.1, 0.15) is 53.2 Å². The average Bonchev–Trinajstić information content (AvgIpc) is 3.19. The Balaban J connectivity index is 1.96. The maximum atomic E-state index is 13.9. The number of fused-ring (bicyclic) bond motifs is 3. The minimum absolute atomic E-state index is 0.00166. The fourth-order valence-corrected chi connectivity index (χ4v) is 4.71. The van der Waals surface area contributed by atoms with Crippen molar-refractivity contribution < 1.29 is 23.9 Å². The molecule has 0 heterocycles. The van der Waals surface area contributed by atoms with Crippen molar-refractivity contribution in [2.45, 2.75) is 31.6 Å². The molecule has 148 valence electrons. The van der Waals surface area contributed by atoms with Gasteiger partial charge in [-0.25, -0.2) is 4.79 Å². The number of carbonyl (C=O) groups excluding carboxylic acids is 3. The molecular formula is C24H22O5. The van der Waals surface area contributed by atoms with E-state index < -0.39 is 23.3 Å². The van der Waals surface area contributed by atoms with E-state index in [2.05, 4.69) is 0 Å². The summed E-state index contributed by atoms with van der Waals surface area (Å²) in [6, 6.07) is 14.7. The lowest BCUT2D eigenvalue weighted by Gasteiger charge is -2.33. The summed E-state index contributed by atoms with van der Waals surface area (Å²) in [5.74, 6) is -1.64. The third kappa shape index (κ3) is 2.72. The third-order valence-electron chi connectivity index (χ3n) is 5.74. The molecule has 4 rings (SSSR count). The fraction of sp³-hybridized carbons (Fsp3) is 0.292. The van der Waals surface area contributed by atoms with Gasteiger partial charge in [0.2, 0.25) is 0 Å². The molecule has 0 bridgehead atoms. The highest BCUT2D eigenvalue weighted by molar-refractivity contribution is 6.20. The van der Waals surface area contributed by atoms with E-state index in [0.29, 0.717) is 5.56 Å².